The van der Waals surface area contributed by atoms with Crippen molar-refractivity contribution in [2.24, 2.45) is 0 Å². The van der Waals surface area contributed by atoms with Crippen LogP contribution in [0.1, 0.15) is 51.0 Å². The highest BCUT2D eigenvalue weighted by Gasteiger charge is 2.34. The van der Waals surface area contributed by atoms with Crippen LogP contribution in [-0.2, 0) is 26.0 Å². The molecule has 0 heterocycles. The van der Waals surface area contributed by atoms with Crippen LogP contribution in [0.15, 0.2) is 83.8 Å². The van der Waals surface area contributed by atoms with Gasteiger partial charge in [-0.2, -0.15) is 0 Å². The monoisotopic (exact) mass is 629 g/mol. The number of carbonyl (C=O) groups excluding carboxylic acids is 2. The molecule has 1 aliphatic carbocycles. The van der Waals surface area contributed by atoms with Gasteiger partial charge in [-0.25, -0.2) is 8.42 Å². The zero-order chi connectivity index (χ0) is 30.1. The average Bonchev–Trinajstić information content (AvgIpc) is 2.99. The van der Waals surface area contributed by atoms with E-state index in [1.54, 1.807) is 18.2 Å². The Morgan fingerprint density at radius 2 is 1.57 bits per heavy atom. The summed E-state index contributed by atoms with van der Waals surface area (Å²) in [5.74, 6) is -0.713. The third-order valence-corrected chi connectivity index (χ3v) is 9.92. The van der Waals surface area contributed by atoms with Crippen molar-refractivity contribution in [3.05, 3.63) is 94.5 Å². The van der Waals surface area contributed by atoms with Crippen molar-refractivity contribution in [3.63, 3.8) is 0 Å². The molecule has 0 bridgehead atoms. The number of halogens is 2. The van der Waals surface area contributed by atoms with Crippen molar-refractivity contribution in [3.8, 4) is 0 Å². The number of sulfonamides is 1. The first kappa shape index (κ1) is 31.9. The molecule has 0 aliphatic heterocycles. The zero-order valence-corrected chi connectivity index (χ0v) is 26.0. The SMILES string of the molecule is CC[C@@H](C(=O)NC1CCCCC1)N(CCc1ccccc1)C(=O)CN(c1ccc(Cl)cc1Cl)S(=O)(=O)c1ccccc1. The Kier molecular flexibility index (Phi) is 11.3. The molecule has 0 unspecified atom stereocenters. The molecule has 2 amide bonds. The molecule has 10 heteroatoms. The van der Waals surface area contributed by atoms with Gasteiger partial charge in [0.2, 0.25) is 11.8 Å². The lowest BCUT2D eigenvalue weighted by molar-refractivity contribution is -0.140. The summed E-state index contributed by atoms with van der Waals surface area (Å²) >= 11 is 12.6. The largest absolute Gasteiger partial charge is 0.352 e. The minimum atomic E-state index is -4.20. The first-order chi connectivity index (χ1) is 20.2. The van der Waals surface area contributed by atoms with E-state index in [9.17, 15) is 18.0 Å². The second kappa shape index (κ2) is 14.9. The maximum Gasteiger partial charge on any atom is 0.264 e. The Balaban J connectivity index is 1.68. The number of nitrogens with zero attached hydrogens (tertiary/aromatic N) is 2. The molecule has 7 nitrogen and oxygen atoms in total. The van der Waals surface area contributed by atoms with Gasteiger partial charge in [0.25, 0.3) is 10.0 Å². The third-order valence-electron chi connectivity index (χ3n) is 7.61. The molecule has 4 rings (SSSR count). The number of hydrogen-bond donors (Lipinski definition) is 1. The fourth-order valence-corrected chi connectivity index (χ4v) is 7.37. The highest BCUT2D eigenvalue weighted by molar-refractivity contribution is 7.92. The molecular weight excluding hydrogens is 593 g/mol. The van der Waals surface area contributed by atoms with Gasteiger partial charge < -0.3 is 10.2 Å². The van der Waals surface area contributed by atoms with Crippen LogP contribution in [0.4, 0.5) is 5.69 Å². The number of rotatable bonds is 12. The predicted octanol–water partition coefficient (Wildman–Crippen LogP) is 6.49. The van der Waals surface area contributed by atoms with Crippen molar-refractivity contribution in [1.29, 1.82) is 0 Å². The number of amides is 2. The van der Waals surface area contributed by atoms with E-state index in [-0.39, 0.29) is 34.1 Å². The molecule has 1 N–H and O–H groups in total. The summed E-state index contributed by atoms with van der Waals surface area (Å²) in [6.45, 7) is 1.57. The minimum Gasteiger partial charge on any atom is -0.352 e. The van der Waals surface area contributed by atoms with Gasteiger partial charge in [0.05, 0.1) is 15.6 Å². The van der Waals surface area contributed by atoms with Gasteiger partial charge in [-0.1, -0.05) is 97.9 Å². The number of nitrogens with one attached hydrogen (secondary N) is 1. The summed E-state index contributed by atoms with van der Waals surface area (Å²) < 4.78 is 28.9. The summed E-state index contributed by atoms with van der Waals surface area (Å²) in [5.41, 5.74) is 1.13. The van der Waals surface area contributed by atoms with Gasteiger partial charge in [-0.05, 0) is 61.6 Å². The van der Waals surface area contributed by atoms with E-state index in [0.29, 0.717) is 17.9 Å². The van der Waals surface area contributed by atoms with Crippen molar-refractivity contribution in [2.75, 3.05) is 17.4 Å². The molecule has 42 heavy (non-hydrogen) atoms. The van der Waals surface area contributed by atoms with Crippen LogP contribution in [0.3, 0.4) is 0 Å². The van der Waals surface area contributed by atoms with Crippen LogP contribution < -0.4 is 9.62 Å². The Morgan fingerprint density at radius 3 is 2.19 bits per heavy atom. The topological polar surface area (TPSA) is 86.8 Å². The van der Waals surface area contributed by atoms with Gasteiger partial charge in [-0.3, -0.25) is 13.9 Å². The van der Waals surface area contributed by atoms with Crippen LogP contribution in [0.5, 0.6) is 0 Å². The van der Waals surface area contributed by atoms with Crippen LogP contribution in [-0.4, -0.2) is 50.3 Å². The van der Waals surface area contributed by atoms with E-state index in [1.807, 2.05) is 37.3 Å². The van der Waals surface area contributed by atoms with Gasteiger partial charge in [0.1, 0.15) is 12.6 Å². The molecule has 1 aliphatic rings. The van der Waals surface area contributed by atoms with Crippen LogP contribution in [0.2, 0.25) is 10.0 Å². The average molecular weight is 631 g/mol. The van der Waals surface area contributed by atoms with Crippen LogP contribution >= 0.6 is 23.2 Å². The number of anilines is 1. The first-order valence-electron chi connectivity index (χ1n) is 14.4. The van der Waals surface area contributed by atoms with E-state index >= 15 is 0 Å². The quantitative estimate of drug-likeness (QED) is 0.248. The van der Waals surface area contributed by atoms with Gasteiger partial charge in [0, 0.05) is 17.6 Å². The molecule has 1 fully saturated rings. The summed E-state index contributed by atoms with van der Waals surface area (Å²) in [5, 5.41) is 3.59. The summed E-state index contributed by atoms with van der Waals surface area (Å²) in [7, 11) is -4.20. The third kappa shape index (κ3) is 8.06. The maximum atomic E-state index is 14.2. The van der Waals surface area contributed by atoms with Crippen molar-refractivity contribution in [2.45, 2.75) is 68.8 Å². The van der Waals surface area contributed by atoms with E-state index in [4.69, 9.17) is 23.2 Å². The summed E-state index contributed by atoms with van der Waals surface area (Å²) in [4.78, 5) is 29.3. The first-order valence-corrected chi connectivity index (χ1v) is 16.6. The normalized spacial score (nSPS) is 14.6. The van der Waals surface area contributed by atoms with E-state index in [1.165, 1.54) is 35.2 Å². The number of carbonyl (C=O) groups is 2. The molecule has 224 valence electrons. The van der Waals surface area contributed by atoms with E-state index < -0.39 is 28.5 Å². The lowest BCUT2D eigenvalue weighted by Gasteiger charge is -2.34. The second-order valence-corrected chi connectivity index (χ2v) is 13.2. The highest BCUT2D eigenvalue weighted by Crippen LogP contribution is 2.33. The molecular formula is C32H37Cl2N3O4S. The Labute approximate surface area is 258 Å². The van der Waals surface area contributed by atoms with Gasteiger partial charge in [0.15, 0.2) is 0 Å². The highest BCUT2D eigenvalue weighted by atomic mass is 35.5. The molecule has 0 spiro atoms. The second-order valence-electron chi connectivity index (χ2n) is 10.5. The Bertz CT molecular complexity index is 1450. The Morgan fingerprint density at radius 1 is 0.929 bits per heavy atom. The van der Waals surface area contributed by atoms with Crippen LogP contribution in [0.25, 0.3) is 0 Å². The fraction of sp³-hybridized carbons (Fsp3) is 0.375. The predicted molar refractivity (Wildman–Crippen MR) is 168 cm³/mol. The number of benzene rings is 3. The molecule has 3 aromatic carbocycles. The lowest BCUT2D eigenvalue weighted by Crippen LogP contribution is -2.54. The fourth-order valence-electron chi connectivity index (χ4n) is 5.36. The summed E-state index contributed by atoms with van der Waals surface area (Å²) in [6.07, 6.45) is 6.00. The molecule has 0 saturated heterocycles. The molecule has 1 saturated carbocycles. The summed E-state index contributed by atoms with van der Waals surface area (Å²) in [6, 6.07) is 21.3. The van der Waals surface area contributed by atoms with Gasteiger partial charge >= 0.3 is 0 Å². The Hall–Kier alpha value is -3.07. The van der Waals surface area contributed by atoms with Crippen molar-refractivity contribution >= 4 is 50.7 Å². The van der Waals surface area contributed by atoms with Crippen molar-refractivity contribution < 1.29 is 18.0 Å². The lowest BCUT2D eigenvalue weighted by atomic mass is 9.95. The zero-order valence-electron chi connectivity index (χ0n) is 23.7. The molecule has 3 aromatic rings. The van der Waals surface area contributed by atoms with E-state index in [0.717, 1.165) is 42.0 Å². The molecule has 1 atom stereocenters. The smallest absolute Gasteiger partial charge is 0.264 e. The van der Waals surface area contributed by atoms with E-state index in [2.05, 4.69) is 5.32 Å². The molecule has 0 radical (unpaired) electrons. The van der Waals surface area contributed by atoms with Crippen molar-refractivity contribution in [1.82, 2.24) is 10.2 Å². The van der Waals surface area contributed by atoms with Crippen LogP contribution in [0, 0.1) is 0 Å². The standard InChI is InChI=1S/C32H37Cl2N3O4S/c1-2-29(32(39)35-26-14-8-4-9-15-26)36(21-20-24-12-6-3-7-13-24)31(38)23-37(30-19-18-25(33)22-28(30)34)42(40,41)27-16-10-5-11-17-27/h3,5-7,10-13,16-19,22,26,29H,2,4,8-9,14-15,20-21,23H2,1H3,(H,35,39)/t29-/m0/s1. The maximum absolute atomic E-state index is 14.2. The van der Waals surface area contributed by atoms with Gasteiger partial charge in [-0.15, -0.1) is 0 Å². The minimum absolute atomic E-state index is 0.0155. The number of hydrogen-bond acceptors (Lipinski definition) is 4. The molecule has 0 aromatic heterocycles.